The van der Waals surface area contributed by atoms with Crippen molar-refractivity contribution in [2.75, 3.05) is 19.7 Å². The third kappa shape index (κ3) is 6.86. The molecular weight excluding hydrogens is 429 g/mol. The Labute approximate surface area is 183 Å². The van der Waals surface area contributed by atoms with Gasteiger partial charge in [0.1, 0.15) is 6.10 Å². The summed E-state index contributed by atoms with van der Waals surface area (Å²) in [6, 6.07) is 8.44. The van der Waals surface area contributed by atoms with Gasteiger partial charge in [0.2, 0.25) is 0 Å². The number of nitrogens with zero attached hydrogens (tertiary/aromatic N) is 4. The van der Waals surface area contributed by atoms with Gasteiger partial charge in [0.05, 0.1) is 17.9 Å². The number of aromatic nitrogens is 3. The molecule has 2 aliphatic rings. The van der Waals surface area contributed by atoms with Crippen molar-refractivity contribution in [2.24, 2.45) is 0 Å². The number of carbonyl (C=O) groups is 1. The molecule has 174 valence electrons. The Balaban J connectivity index is 0.000000360. The van der Waals surface area contributed by atoms with Crippen LogP contribution in [0.15, 0.2) is 36.7 Å². The highest BCUT2D eigenvalue weighted by molar-refractivity contribution is 5.73. The van der Waals surface area contributed by atoms with E-state index in [2.05, 4.69) is 32.0 Å². The summed E-state index contributed by atoms with van der Waals surface area (Å²) in [5.41, 5.74) is 2.08. The number of carboxylic acid groups (broad SMARTS) is 1. The molecule has 2 saturated heterocycles. The Hall–Kier alpha value is -2.79. The van der Waals surface area contributed by atoms with E-state index in [9.17, 15) is 13.2 Å². The molecule has 0 aliphatic carbocycles. The predicted molar refractivity (Wildman–Crippen MR) is 107 cm³/mol. The minimum Gasteiger partial charge on any atom is -0.475 e. The van der Waals surface area contributed by atoms with Crippen LogP contribution in [0, 0.1) is 6.92 Å². The second-order valence-electron chi connectivity index (χ2n) is 7.86. The Bertz CT molecular complexity index is 900. The molecule has 8 nitrogen and oxygen atoms in total. The van der Waals surface area contributed by atoms with Crippen molar-refractivity contribution in [3.05, 3.63) is 48.0 Å². The molecule has 0 bridgehead atoms. The van der Waals surface area contributed by atoms with E-state index in [-0.39, 0.29) is 11.7 Å². The van der Waals surface area contributed by atoms with E-state index in [1.807, 2.05) is 13.0 Å². The van der Waals surface area contributed by atoms with Crippen molar-refractivity contribution >= 4 is 5.97 Å². The van der Waals surface area contributed by atoms with Crippen molar-refractivity contribution in [1.82, 2.24) is 19.9 Å². The average molecular weight is 454 g/mol. The third-order valence-corrected chi connectivity index (χ3v) is 5.18. The fourth-order valence-electron chi connectivity index (χ4n) is 3.90. The summed E-state index contributed by atoms with van der Waals surface area (Å²) in [6.07, 6.45) is 1.46. The molecule has 0 saturated carbocycles. The molecule has 2 fully saturated rings. The van der Waals surface area contributed by atoms with Gasteiger partial charge in [0.15, 0.2) is 0 Å². The van der Waals surface area contributed by atoms with Crippen LogP contribution in [-0.2, 0) is 16.1 Å². The van der Waals surface area contributed by atoms with Crippen LogP contribution in [-0.4, -0.2) is 68.5 Å². The number of carboxylic acids is 1. The van der Waals surface area contributed by atoms with E-state index in [0.29, 0.717) is 12.6 Å². The van der Waals surface area contributed by atoms with Crippen LogP contribution in [0.3, 0.4) is 0 Å². The van der Waals surface area contributed by atoms with Crippen LogP contribution in [0.2, 0.25) is 0 Å². The number of hydrogen-bond acceptors (Lipinski definition) is 7. The highest BCUT2D eigenvalue weighted by Crippen LogP contribution is 2.36. The first-order chi connectivity index (χ1) is 15.2. The molecule has 0 aromatic carbocycles. The number of rotatable bonds is 4. The maximum absolute atomic E-state index is 10.6. The topological polar surface area (TPSA) is 97.7 Å². The predicted octanol–water partition coefficient (Wildman–Crippen LogP) is 3.02. The zero-order chi connectivity index (χ0) is 23.2. The number of pyridine rings is 1. The fourth-order valence-corrected chi connectivity index (χ4v) is 3.90. The molecule has 0 radical (unpaired) electrons. The van der Waals surface area contributed by atoms with Crippen LogP contribution in [0.25, 0.3) is 0 Å². The van der Waals surface area contributed by atoms with Gasteiger partial charge in [-0.1, -0.05) is 6.07 Å². The molecule has 2 atom stereocenters. The van der Waals surface area contributed by atoms with Crippen LogP contribution in [0.4, 0.5) is 13.2 Å². The molecule has 32 heavy (non-hydrogen) atoms. The van der Waals surface area contributed by atoms with Gasteiger partial charge in [0.25, 0.3) is 0 Å². The van der Waals surface area contributed by atoms with E-state index in [1.165, 1.54) is 0 Å². The minimum atomic E-state index is -5.08. The van der Waals surface area contributed by atoms with Gasteiger partial charge in [-0.15, -0.1) is 0 Å². The van der Waals surface area contributed by atoms with Crippen molar-refractivity contribution in [3.8, 4) is 6.01 Å². The SMILES string of the molecule is Cc1cccc(CN2CCCC3(CC(Oc4ncccn4)CO3)C2)n1.O=C(O)C(F)(F)F. The van der Waals surface area contributed by atoms with E-state index < -0.39 is 12.1 Å². The number of aliphatic carboxylic acids is 1. The molecule has 2 aromatic rings. The molecule has 4 rings (SSSR count). The largest absolute Gasteiger partial charge is 0.490 e. The molecule has 2 aromatic heterocycles. The summed E-state index contributed by atoms with van der Waals surface area (Å²) in [5, 5.41) is 7.12. The maximum atomic E-state index is 10.6. The lowest BCUT2D eigenvalue weighted by Crippen LogP contribution is -2.47. The lowest BCUT2D eigenvalue weighted by Gasteiger charge is -2.39. The normalized spacial score (nSPS) is 23.4. The summed E-state index contributed by atoms with van der Waals surface area (Å²) in [7, 11) is 0. The van der Waals surface area contributed by atoms with Crippen LogP contribution >= 0.6 is 0 Å². The zero-order valence-electron chi connectivity index (χ0n) is 17.6. The molecule has 0 amide bonds. The molecule has 1 N–H and O–H groups in total. The van der Waals surface area contributed by atoms with Gasteiger partial charge in [0, 0.05) is 37.6 Å². The molecule has 2 aliphatic heterocycles. The summed E-state index contributed by atoms with van der Waals surface area (Å²) < 4.78 is 43.8. The Morgan fingerprint density at radius 1 is 1.31 bits per heavy atom. The number of likely N-dealkylation sites (tertiary alicyclic amines) is 1. The zero-order valence-corrected chi connectivity index (χ0v) is 17.6. The quantitative estimate of drug-likeness (QED) is 0.753. The van der Waals surface area contributed by atoms with E-state index >= 15 is 0 Å². The maximum Gasteiger partial charge on any atom is 0.490 e. The fraction of sp³-hybridized carbons (Fsp3) is 0.524. The van der Waals surface area contributed by atoms with Gasteiger partial charge in [-0.2, -0.15) is 13.2 Å². The molecular formula is C21H25F3N4O4. The van der Waals surface area contributed by atoms with Gasteiger partial charge < -0.3 is 14.6 Å². The number of ether oxygens (including phenoxy) is 2. The summed E-state index contributed by atoms with van der Waals surface area (Å²) >= 11 is 0. The van der Waals surface area contributed by atoms with Gasteiger partial charge in [-0.05, 0) is 44.5 Å². The van der Waals surface area contributed by atoms with Crippen molar-refractivity contribution in [2.45, 2.75) is 50.6 Å². The van der Waals surface area contributed by atoms with E-state index in [1.54, 1.807) is 18.5 Å². The highest BCUT2D eigenvalue weighted by atomic mass is 19.4. The number of halogens is 3. The Morgan fingerprint density at radius 3 is 2.69 bits per heavy atom. The van der Waals surface area contributed by atoms with Gasteiger partial charge in [-0.25, -0.2) is 14.8 Å². The second kappa shape index (κ2) is 10.2. The van der Waals surface area contributed by atoms with Crippen LogP contribution < -0.4 is 4.74 Å². The number of alkyl halides is 3. The Kier molecular flexibility index (Phi) is 7.62. The van der Waals surface area contributed by atoms with Crippen LogP contribution in [0.1, 0.15) is 30.7 Å². The smallest absolute Gasteiger partial charge is 0.475 e. The highest BCUT2D eigenvalue weighted by Gasteiger charge is 2.44. The lowest BCUT2D eigenvalue weighted by atomic mass is 9.89. The molecule has 2 unspecified atom stereocenters. The third-order valence-electron chi connectivity index (χ3n) is 5.18. The lowest BCUT2D eigenvalue weighted by molar-refractivity contribution is -0.192. The first kappa shape index (κ1) is 23.9. The average Bonchev–Trinajstić information content (AvgIpc) is 3.10. The van der Waals surface area contributed by atoms with E-state index in [0.717, 1.165) is 50.3 Å². The van der Waals surface area contributed by atoms with Crippen LogP contribution in [0.5, 0.6) is 6.01 Å². The molecule has 11 heteroatoms. The first-order valence-electron chi connectivity index (χ1n) is 10.2. The summed E-state index contributed by atoms with van der Waals surface area (Å²) in [5.74, 6) is -2.76. The van der Waals surface area contributed by atoms with Crippen molar-refractivity contribution < 1.29 is 32.5 Å². The Morgan fingerprint density at radius 2 is 2.03 bits per heavy atom. The molecule has 1 spiro atoms. The second-order valence-corrected chi connectivity index (χ2v) is 7.86. The summed E-state index contributed by atoms with van der Waals surface area (Å²) in [4.78, 5) is 24.3. The first-order valence-corrected chi connectivity index (χ1v) is 10.2. The van der Waals surface area contributed by atoms with Crippen molar-refractivity contribution in [3.63, 3.8) is 0 Å². The van der Waals surface area contributed by atoms with Crippen molar-refractivity contribution in [1.29, 1.82) is 0 Å². The monoisotopic (exact) mass is 454 g/mol. The minimum absolute atomic E-state index is 0.0273. The van der Waals surface area contributed by atoms with E-state index in [4.69, 9.17) is 19.4 Å². The standard InChI is InChI=1S/C19H24N4O2.C2HF3O2/c1-15-5-2-6-16(22-15)12-23-10-3-7-19(14-23)11-17(13-24-19)25-18-20-8-4-9-21-18;3-2(4,5)1(6)7/h2,4-6,8-9,17H,3,7,10-14H2,1H3;(H,6,7). The number of hydrogen-bond donors (Lipinski definition) is 1. The molecule has 4 heterocycles. The van der Waals surface area contributed by atoms with Gasteiger partial charge in [-0.3, -0.25) is 9.88 Å². The van der Waals surface area contributed by atoms with Gasteiger partial charge >= 0.3 is 18.2 Å². The number of aryl methyl sites for hydroxylation is 1. The number of piperidine rings is 1. The summed E-state index contributed by atoms with van der Waals surface area (Å²) in [6.45, 7) is 5.54.